The summed E-state index contributed by atoms with van der Waals surface area (Å²) >= 11 is 0. The highest BCUT2D eigenvalue weighted by atomic mass is 16.4. The molecule has 2 heterocycles. The van der Waals surface area contributed by atoms with Crippen molar-refractivity contribution in [3.63, 3.8) is 0 Å². The smallest absolute Gasteiger partial charge is 0.251 e. The minimum atomic E-state index is -0.114. The molecular formula is C29H31N5O2. The first-order chi connectivity index (χ1) is 17.5. The van der Waals surface area contributed by atoms with Gasteiger partial charge in [0.15, 0.2) is 0 Å². The molecule has 1 saturated heterocycles. The Balaban J connectivity index is 1.17. The number of carbonyl (C=O) groups is 1. The molecule has 1 aromatic heterocycles. The van der Waals surface area contributed by atoms with Gasteiger partial charge in [0.25, 0.3) is 5.91 Å². The van der Waals surface area contributed by atoms with E-state index < -0.39 is 0 Å². The summed E-state index contributed by atoms with van der Waals surface area (Å²) in [6.45, 7) is 7.84. The first-order valence-corrected chi connectivity index (χ1v) is 12.3. The molecule has 1 fully saturated rings. The molecule has 5 rings (SSSR count). The Kier molecular flexibility index (Phi) is 7.21. The number of nitrogens with one attached hydrogen (secondary N) is 1. The summed E-state index contributed by atoms with van der Waals surface area (Å²) in [7, 11) is 2.17. The monoisotopic (exact) mass is 481 g/mol. The Morgan fingerprint density at radius 3 is 2.31 bits per heavy atom. The lowest BCUT2D eigenvalue weighted by atomic mass is 10.1. The van der Waals surface area contributed by atoms with Crippen LogP contribution in [0.4, 0.5) is 0 Å². The molecule has 0 saturated carbocycles. The van der Waals surface area contributed by atoms with Gasteiger partial charge in [0.2, 0.25) is 11.8 Å². The Bertz CT molecular complexity index is 1320. The number of hydrogen-bond acceptors (Lipinski definition) is 6. The van der Waals surface area contributed by atoms with Gasteiger partial charge in [0, 0.05) is 56.0 Å². The lowest BCUT2D eigenvalue weighted by Gasteiger charge is -2.32. The van der Waals surface area contributed by atoms with Crippen molar-refractivity contribution in [3.05, 3.63) is 95.1 Å². The molecule has 3 aromatic carbocycles. The molecule has 1 aliphatic rings. The minimum absolute atomic E-state index is 0.114. The van der Waals surface area contributed by atoms with Crippen molar-refractivity contribution in [1.29, 1.82) is 0 Å². The zero-order chi connectivity index (χ0) is 24.9. The van der Waals surface area contributed by atoms with E-state index >= 15 is 0 Å². The van der Waals surface area contributed by atoms with Crippen molar-refractivity contribution < 1.29 is 9.21 Å². The molecule has 1 aliphatic heterocycles. The predicted molar refractivity (Wildman–Crippen MR) is 140 cm³/mol. The quantitative estimate of drug-likeness (QED) is 0.422. The lowest BCUT2D eigenvalue weighted by molar-refractivity contribution is 0.0951. The summed E-state index contributed by atoms with van der Waals surface area (Å²) in [6, 6.07) is 23.6. The summed E-state index contributed by atoms with van der Waals surface area (Å²) in [4.78, 5) is 17.6. The zero-order valence-corrected chi connectivity index (χ0v) is 20.8. The van der Waals surface area contributed by atoms with E-state index in [0.29, 0.717) is 23.9 Å². The molecule has 0 atom stereocenters. The van der Waals surface area contributed by atoms with E-state index in [0.717, 1.165) is 55.0 Å². The summed E-state index contributed by atoms with van der Waals surface area (Å²) < 4.78 is 5.86. The Labute approximate surface area is 211 Å². The van der Waals surface area contributed by atoms with Crippen molar-refractivity contribution >= 4 is 5.91 Å². The number of rotatable bonds is 7. The number of carbonyl (C=O) groups excluding carboxylic acids is 1. The maximum atomic E-state index is 12.7. The number of benzene rings is 3. The van der Waals surface area contributed by atoms with Crippen LogP contribution >= 0.6 is 0 Å². The number of hydrogen-bond donors (Lipinski definition) is 1. The van der Waals surface area contributed by atoms with Crippen LogP contribution in [0, 0.1) is 6.92 Å². The number of nitrogens with zero attached hydrogens (tertiary/aromatic N) is 4. The van der Waals surface area contributed by atoms with Crippen LogP contribution < -0.4 is 5.32 Å². The minimum Gasteiger partial charge on any atom is -0.416 e. The molecule has 0 unspecified atom stereocenters. The third-order valence-electron chi connectivity index (χ3n) is 6.53. The predicted octanol–water partition coefficient (Wildman–Crippen LogP) is 4.39. The molecule has 184 valence electrons. The van der Waals surface area contributed by atoms with Crippen molar-refractivity contribution in [2.75, 3.05) is 33.2 Å². The van der Waals surface area contributed by atoms with E-state index in [9.17, 15) is 4.79 Å². The molecule has 36 heavy (non-hydrogen) atoms. The summed E-state index contributed by atoms with van der Waals surface area (Å²) in [5.74, 6) is 0.790. The van der Waals surface area contributed by atoms with Crippen molar-refractivity contribution in [1.82, 2.24) is 25.3 Å². The number of aryl methyl sites for hydroxylation is 1. The van der Waals surface area contributed by atoms with Crippen LogP contribution in [0.3, 0.4) is 0 Å². The summed E-state index contributed by atoms with van der Waals surface area (Å²) in [5.41, 5.74) is 5.75. The topological polar surface area (TPSA) is 74.5 Å². The van der Waals surface area contributed by atoms with Gasteiger partial charge in [-0.2, -0.15) is 0 Å². The maximum Gasteiger partial charge on any atom is 0.251 e. The zero-order valence-electron chi connectivity index (χ0n) is 20.8. The average Bonchev–Trinajstić information content (AvgIpc) is 3.40. The SMILES string of the molecule is Cc1cccc(-c2nnc(-c3ccc(C(=O)NCc4cccc(CN5CCN(C)CC5)c4)cc3)o2)c1. The van der Waals surface area contributed by atoms with E-state index in [1.165, 1.54) is 5.56 Å². The van der Waals surface area contributed by atoms with Crippen molar-refractivity contribution in [2.24, 2.45) is 0 Å². The van der Waals surface area contributed by atoms with E-state index in [2.05, 4.69) is 56.6 Å². The van der Waals surface area contributed by atoms with Crippen molar-refractivity contribution in [2.45, 2.75) is 20.0 Å². The average molecular weight is 482 g/mol. The van der Waals surface area contributed by atoms with Crippen LogP contribution in [0.5, 0.6) is 0 Å². The van der Waals surface area contributed by atoms with Crippen molar-refractivity contribution in [3.8, 4) is 22.9 Å². The van der Waals surface area contributed by atoms with Gasteiger partial charge >= 0.3 is 0 Å². The van der Waals surface area contributed by atoms with Gasteiger partial charge < -0.3 is 14.6 Å². The Morgan fingerprint density at radius 2 is 1.56 bits per heavy atom. The summed E-state index contributed by atoms with van der Waals surface area (Å²) in [6.07, 6.45) is 0. The molecule has 7 nitrogen and oxygen atoms in total. The van der Waals surface area contributed by atoms with Crippen LogP contribution in [0.1, 0.15) is 27.0 Å². The van der Waals surface area contributed by atoms with Gasteiger partial charge in [-0.05, 0) is 61.5 Å². The molecule has 1 N–H and O–H groups in total. The van der Waals surface area contributed by atoms with Gasteiger partial charge in [-0.1, -0.05) is 42.0 Å². The fraction of sp³-hybridized carbons (Fsp3) is 0.276. The molecular weight excluding hydrogens is 450 g/mol. The first-order valence-electron chi connectivity index (χ1n) is 12.3. The molecule has 7 heteroatoms. The van der Waals surface area contributed by atoms with Gasteiger partial charge in [-0.25, -0.2) is 0 Å². The largest absolute Gasteiger partial charge is 0.416 e. The normalized spacial score (nSPS) is 14.6. The van der Waals surface area contributed by atoms with Gasteiger partial charge in [-0.3, -0.25) is 9.69 Å². The van der Waals surface area contributed by atoms with Crippen LogP contribution in [-0.2, 0) is 13.1 Å². The number of amides is 1. The maximum absolute atomic E-state index is 12.7. The fourth-order valence-electron chi connectivity index (χ4n) is 4.39. The molecule has 4 aromatic rings. The van der Waals surface area contributed by atoms with Crippen LogP contribution in [0.25, 0.3) is 22.9 Å². The number of likely N-dealkylation sites (N-methyl/N-ethyl adjacent to an activating group) is 1. The van der Waals surface area contributed by atoms with Gasteiger partial charge in [-0.15, -0.1) is 10.2 Å². The number of aromatic nitrogens is 2. The van der Waals surface area contributed by atoms with Crippen LogP contribution in [0.2, 0.25) is 0 Å². The highest BCUT2D eigenvalue weighted by Crippen LogP contribution is 2.24. The fourth-order valence-corrected chi connectivity index (χ4v) is 4.39. The highest BCUT2D eigenvalue weighted by Gasteiger charge is 2.15. The van der Waals surface area contributed by atoms with E-state index in [1.807, 2.05) is 43.3 Å². The van der Waals surface area contributed by atoms with Crippen LogP contribution in [0.15, 0.2) is 77.2 Å². The Morgan fingerprint density at radius 1 is 0.861 bits per heavy atom. The summed E-state index contributed by atoms with van der Waals surface area (Å²) in [5, 5.41) is 11.4. The van der Waals surface area contributed by atoms with Crippen LogP contribution in [-0.4, -0.2) is 59.1 Å². The second-order valence-electron chi connectivity index (χ2n) is 9.44. The van der Waals surface area contributed by atoms with E-state index in [-0.39, 0.29) is 5.91 Å². The first kappa shape index (κ1) is 23.9. The lowest BCUT2D eigenvalue weighted by Crippen LogP contribution is -2.43. The second-order valence-corrected chi connectivity index (χ2v) is 9.44. The second kappa shape index (κ2) is 10.8. The van der Waals surface area contributed by atoms with E-state index in [1.54, 1.807) is 12.1 Å². The number of piperazine rings is 1. The molecule has 0 bridgehead atoms. The molecule has 0 aliphatic carbocycles. The van der Waals surface area contributed by atoms with Gasteiger partial charge in [0.1, 0.15) is 0 Å². The highest BCUT2D eigenvalue weighted by molar-refractivity contribution is 5.94. The standard InChI is InChI=1S/C29H31N5O2/c1-21-5-3-8-26(17-21)29-32-31-28(36-29)25-11-9-24(10-12-25)27(35)30-19-22-6-4-7-23(18-22)20-34-15-13-33(2)14-16-34/h3-12,17-18H,13-16,19-20H2,1-2H3,(H,30,35). The van der Waals surface area contributed by atoms with E-state index in [4.69, 9.17) is 4.42 Å². The molecule has 0 radical (unpaired) electrons. The molecule has 1 amide bonds. The molecule has 0 spiro atoms. The van der Waals surface area contributed by atoms with Gasteiger partial charge in [0.05, 0.1) is 0 Å². The third kappa shape index (κ3) is 5.87. The third-order valence-corrected chi connectivity index (χ3v) is 6.53. The Hall–Kier alpha value is -3.81.